The third-order valence-corrected chi connectivity index (χ3v) is 3.95. The number of hydrogen-bond donors (Lipinski definition) is 2. The number of unbranched alkanes of at least 4 members (excludes halogenated alkanes) is 1. The van der Waals surface area contributed by atoms with E-state index in [9.17, 15) is 5.11 Å². The molecule has 0 radical (unpaired) electrons. The van der Waals surface area contributed by atoms with Crippen molar-refractivity contribution in [1.82, 2.24) is 5.32 Å². The standard InChI is InChI=1S/C17H30N2O/c1-5-18-17(3,14-20)12-8-9-13-19(4)16-11-7-6-10-15(16)2/h6-7,10-11,18,20H,5,8-9,12-14H2,1-4H3. The summed E-state index contributed by atoms with van der Waals surface area (Å²) in [5.74, 6) is 0. The maximum Gasteiger partial charge on any atom is 0.0610 e. The molecule has 1 rings (SSSR count). The number of benzene rings is 1. The highest BCUT2D eigenvalue weighted by Crippen LogP contribution is 2.19. The second-order valence-electron chi connectivity index (χ2n) is 5.91. The first kappa shape index (κ1) is 17.0. The minimum Gasteiger partial charge on any atom is -0.394 e. The van der Waals surface area contributed by atoms with Gasteiger partial charge in [0, 0.05) is 24.8 Å². The van der Waals surface area contributed by atoms with Crippen molar-refractivity contribution < 1.29 is 5.11 Å². The molecule has 1 unspecified atom stereocenters. The molecule has 0 aliphatic carbocycles. The number of rotatable bonds is 9. The molecule has 3 heteroatoms. The molecule has 0 aliphatic heterocycles. The fourth-order valence-electron chi connectivity index (χ4n) is 2.63. The number of nitrogens with zero attached hydrogens (tertiary/aromatic N) is 1. The average Bonchev–Trinajstić information content (AvgIpc) is 2.44. The highest BCUT2D eigenvalue weighted by atomic mass is 16.3. The maximum atomic E-state index is 9.47. The molecule has 1 atom stereocenters. The number of anilines is 1. The van der Waals surface area contributed by atoms with Crippen LogP contribution in [0.5, 0.6) is 0 Å². The normalized spacial score (nSPS) is 14.1. The van der Waals surface area contributed by atoms with Crippen LogP contribution in [-0.4, -0.2) is 37.4 Å². The quantitative estimate of drug-likeness (QED) is 0.682. The zero-order valence-corrected chi connectivity index (χ0v) is 13.4. The topological polar surface area (TPSA) is 35.5 Å². The lowest BCUT2D eigenvalue weighted by atomic mass is 9.95. The predicted octanol–water partition coefficient (Wildman–Crippen LogP) is 2.96. The van der Waals surface area contributed by atoms with Gasteiger partial charge in [0.2, 0.25) is 0 Å². The van der Waals surface area contributed by atoms with Gasteiger partial charge >= 0.3 is 0 Å². The molecule has 0 saturated heterocycles. The Morgan fingerprint density at radius 1 is 1.25 bits per heavy atom. The average molecular weight is 278 g/mol. The molecule has 0 saturated carbocycles. The zero-order valence-electron chi connectivity index (χ0n) is 13.4. The van der Waals surface area contributed by atoms with Crippen molar-refractivity contribution in [2.24, 2.45) is 0 Å². The van der Waals surface area contributed by atoms with Crippen LogP contribution < -0.4 is 10.2 Å². The Morgan fingerprint density at radius 3 is 2.55 bits per heavy atom. The lowest BCUT2D eigenvalue weighted by Crippen LogP contribution is -2.45. The van der Waals surface area contributed by atoms with Crippen LogP contribution in [0.25, 0.3) is 0 Å². The Kier molecular flexibility index (Phi) is 7.03. The minimum absolute atomic E-state index is 0.129. The van der Waals surface area contributed by atoms with E-state index in [1.165, 1.54) is 11.3 Å². The number of aliphatic hydroxyl groups excluding tert-OH is 1. The van der Waals surface area contributed by atoms with E-state index in [0.29, 0.717) is 0 Å². The summed E-state index contributed by atoms with van der Waals surface area (Å²) in [6.07, 6.45) is 3.28. The van der Waals surface area contributed by atoms with E-state index in [-0.39, 0.29) is 12.1 Å². The number of aliphatic hydroxyl groups is 1. The molecule has 0 aromatic heterocycles. The van der Waals surface area contributed by atoms with E-state index in [4.69, 9.17) is 0 Å². The number of nitrogens with one attached hydrogen (secondary N) is 1. The third-order valence-electron chi connectivity index (χ3n) is 3.95. The van der Waals surface area contributed by atoms with Crippen molar-refractivity contribution in [3.63, 3.8) is 0 Å². The van der Waals surface area contributed by atoms with E-state index < -0.39 is 0 Å². The monoisotopic (exact) mass is 278 g/mol. The molecule has 0 aliphatic rings. The minimum atomic E-state index is -0.129. The molecule has 0 fully saturated rings. The Morgan fingerprint density at radius 2 is 1.95 bits per heavy atom. The molecule has 0 spiro atoms. The Hall–Kier alpha value is -1.06. The summed E-state index contributed by atoms with van der Waals surface area (Å²) in [6.45, 7) is 8.49. The first-order chi connectivity index (χ1) is 9.52. The number of hydrogen-bond acceptors (Lipinski definition) is 3. The van der Waals surface area contributed by atoms with E-state index in [1.54, 1.807) is 0 Å². The van der Waals surface area contributed by atoms with Crippen LogP contribution >= 0.6 is 0 Å². The second-order valence-corrected chi connectivity index (χ2v) is 5.91. The zero-order chi connectivity index (χ0) is 15.0. The highest BCUT2D eigenvalue weighted by Gasteiger charge is 2.20. The van der Waals surface area contributed by atoms with Crippen molar-refractivity contribution in [3.8, 4) is 0 Å². The lowest BCUT2D eigenvalue weighted by Gasteiger charge is -2.29. The molecule has 0 bridgehead atoms. The van der Waals surface area contributed by atoms with Gasteiger partial charge in [0.15, 0.2) is 0 Å². The van der Waals surface area contributed by atoms with Crippen molar-refractivity contribution in [1.29, 1.82) is 0 Å². The second kappa shape index (κ2) is 8.28. The molecule has 1 aromatic carbocycles. The van der Waals surface area contributed by atoms with Gasteiger partial charge in [-0.2, -0.15) is 0 Å². The number of aryl methyl sites for hydroxylation is 1. The van der Waals surface area contributed by atoms with Gasteiger partial charge in [0.05, 0.1) is 6.61 Å². The van der Waals surface area contributed by atoms with Crippen LogP contribution in [0.2, 0.25) is 0 Å². The summed E-state index contributed by atoms with van der Waals surface area (Å²) in [5.41, 5.74) is 2.50. The van der Waals surface area contributed by atoms with Gasteiger partial charge in [-0.1, -0.05) is 25.1 Å². The van der Waals surface area contributed by atoms with E-state index in [2.05, 4.69) is 62.3 Å². The van der Waals surface area contributed by atoms with Crippen LogP contribution in [0.4, 0.5) is 5.69 Å². The fraction of sp³-hybridized carbons (Fsp3) is 0.647. The molecule has 0 amide bonds. The van der Waals surface area contributed by atoms with Gasteiger partial charge < -0.3 is 15.3 Å². The summed E-state index contributed by atoms with van der Waals surface area (Å²) >= 11 is 0. The van der Waals surface area contributed by atoms with Gasteiger partial charge in [-0.3, -0.25) is 0 Å². The SMILES string of the molecule is CCNC(C)(CO)CCCCN(C)c1ccccc1C. The first-order valence-electron chi connectivity index (χ1n) is 7.65. The first-order valence-corrected chi connectivity index (χ1v) is 7.65. The smallest absolute Gasteiger partial charge is 0.0610 e. The lowest BCUT2D eigenvalue weighted by molar-refractivity contribution is 0.165. The van der Waals surface area contributed by atoms with Crippen molar-refractivity contribution in [2.45, 2.75) is 45.6 Å². The van der Waals surface area contributed by atoms with Crippen LogP contribution in [0.15, 0.2) is 24.3 Å². The molecule has 1 aromatic rings. The fourth-order valence-corrected chi connectivity index (χ4v) is 2.63. The summed E-state index contributed by atoms with van der Waals surface area (Å²) in [4.78, 5) is 2.32. The van der Waals surface area contributed by atoms with Crippen molar-refractivity contribution in [2.75, 3.05) is 31.6 Å². The van der Waals surface area contributed by atoms with E-state index in [0.717, 1.165) is 32.4 Å². The van der Waals surface area contributed by atoms with Crippen LogP contribution in [-0.2, 0) is 0 Å². The van der Waals surface area contributed by atoms with Gasteiger partial charge in [0.25, 0.3) is 0 Å². The van der Waals surface area contributed by atoms with Crippen molar-refractivity contribution in [3.05, 3.63) is 29.8 Å². The Bertz CT molecular complexity index is 394. The molecular weight excluding hydrogens is 248 g/mol. The van der Waals surface area contributed by atoms with Crippen molar-refractivity contribution >= 4 is 5.69 Å². The molecule has 0 heterocycles. The molecular formula is C17H30N2O. The summed E-state index contributed by atoms with van der Waals surface area (Å²) in [7, 11) is 2.15. The number of likely N-dealkylation sites (N-methyl/N-ethyl adjacent to an activating group) is 1. The maximum absolute atomic E-state index is 9.47. The third kappa shape index (κ3) is 5.14. The summed E-state index contributed by atoms with van der Waals surface area (Å²) < 4.78 is 0. The van der Waals surface area contributed by atoms with Crippen LogP contribution in [0.3, 0.4) is 0 Å². The number of para-hydroxylation sites is 1. The Labute approximate surface area is 124 Å². The largest absolute Gasteiger partial charge is 0.394 e. The predicted molar refractivity (Wildman–Crippen MR) is 87.5 cm³/mol. The van der Waals surface area contributed by atoms with Gasteiger partial charge in [-0.15, -0.1) is 0 Å². The summed E-state index contributed by atoms with van der Waals surface area (Å²) in [5, 5.41) is 12.8. The van der Waals surface area contributed by atoms with Crippen LogP contribution in [0.1, 0.15) is 38.7 Å². The van der Waals surface area contributed by atoms with Gasteiger partial charge in [-0.25, -0.2) is 0 Å². The van der Waals surface area contributed by atoms with Crippen LogP contribution in [0, 0.1) is 6.92 Å². The van der Waals surface area contributed by atoms with E-state index in [1.807, 2.05) is 0 Å². The van der Waals surface area contributed by atoms with Gasteiger partial charge in [-0.05, 0) is 51.3 Å². The van der Waals surface area contributed by atoms with Gasteiger partial charge in [0.1, 0.15) is 0 Å². The summed E-state index contributed by atoms with van der Waals surface area (Å²) in [6, 6.07) is 8.49. The van der Waals surface area contributed by atoms with E-state index >= 15 is 0 Å². The highest BCUT2D eigenvalue weighted by molar-refractivity contribution is 5.52. The molecule has 2 N–H and O–H groups in total. The Balaban J connectivity index is 2.36. The molecule has 3 nitrogen and oxygen atoms in total. The molecule has 20 heavy (non-hydrogen) atoms. The molecule has 114 valence electrons.